The first-order valence-corrected chi connectivity index (χ1v) is 8.09. The Bertz CT molecular complexity index is 735. The van der Waals surface area contributed by atoms with E-state index in [0.717, 1.165) is 24.1 Å². The number of hydrogen-bond donors (Lipinski definition) is 2. The molecule has 2 N–H and O–H groups in total. The second-order valence-electron chi connectivity index (χ2n) is 5.87. The molecule has 0 spiro atoms. The predicted molar refractivity (Wildman–Crippen MR) is 89.4 cm³/mol. The van der Waals surface area contributed by atoms with E-state index >= 15 is 0 Å². The van der Waals surface area contributed by atoms with E-state index in [1.54, 1.807) is 41.7 Å². The molecule has 1 amide bonds. The lowest BCUT2D eigenvalue weighted by atomic mass is 9.97. The summed E-state index contributed by atoms with van der Waals surface area (Å²) in [6.45, 7) is 3.23. The van der Waals surface area contributed by atoms with E-state index < -0.39 is 0 Å². The molecule has 0 aliphatic carbocycles. The molecule has 6 heteroatoms. The van der Waals surface area contributed by atoms with Gasteiger partial charge in [0.05, 0.1) is 12.4 Å². The Kier molecular flexibility index (Phi) is 4.55. The highest BCUT2D eigenvalue weighted by molar-refractivity contribution is 5.95. The zero-order chi connectivity index (χ0) is 17.1. The fourth-order valence-electron chi connectivity index (χ4n) is 3.18. The van der Waals surface area contributed by atoms with Gasteiger partial charge in [0, 0.05) is 31.1 Å². The maximum absolute atomic E-state index is 12.5. The molecule has 1 aromatic heterocycles. The number of aromatic hydroxyl groups is 1. The molecule has 0 bridgehead atoms. The minimum atomic E-state index is -0.324. The van der Waals surface area contributed by atoms with Crippen LogP contribution in [0.25, 0.3) is 0 Å². The Morgan fingerprint density at radius 2 is 1.92 bits per heavy atom. The Morgan fingerprint density at radius 3 is 2.54 bits per heavy atom. The van der Waals surface area contributed by atoms with Gasteiger partial charge in [0.2, 0.25) is 0 Å². The van der Waals surface area contributed by atoms with Gasteiger partial charge >= 0.3 is 0 Å². The number of carbonyl (C=O) groups excluding carboxylic acids is 1. The molecule has 6 nitrogen and oxygen atoms in total. The number of benzene rings is 1. The van der Waals surface area contributed by atoms with Gasteiger partial charge in [0.15, 0.2) is 5.76 Å². The lowest BCUT2D eigenvalue weighted by molar-refractivity contribution is -0.129. The average molecular weight is 327 g/mol. The molecule has 1 aliphatic rings. The maximum Gasteiger partial charge on any atom is 0.289 e. The van der Waals surface area contributed by atoms with Crippen LogP contribution in [0.2, 0.25) is 0 Å². The molecule has 0 saturated carbocycles. The van der Waals surface area contributed by atoms with Gasteiger partial charge in [-0.25, -0.2) is 4.98 Å². The van der Waals surface area contributed by atoms with E-state index in [0.29, 0.717) is 13.0 Å². The van der Waals surface area contributed by atoms with Gasteiger partial charge in [-0.1, -0.05) is 19.1 Å². The zero-order valence-electron chi connectivity index (χ0n) is 13.6. The lowest BCUT2D eigenvalue weighted by Crippen LogP contribution is -2.32. The van der Waals surface area contributed by atoms with Crippen molar-refractivity contribution in [2.75, 3.05) is 6.54 Å². The van der Waals surface area contributed by atoms with E-state index in [1.165, 1.54) is 0 Å². The number of phenolic OH excluding ortho intramolecular Hbond substituents is 1. The predicted octanol–water partition coefficient (Wildman–Crippen LogP) is 2.78. The van der Waals surface area contributed by atoms with Gasteiger partial charge in [0.1, 0.15) is 5.75 Å². The van der Waals surface area contributed by atoms with Crippen LogP contribution in [0.3, 0.4) is 0 Å². The van der Waals surface area contributed by atoms with Crippen LogP contribution < -0.4 is 0 Å². The smallest absolute Gasteiger partial charge is 0.289 e. The molecular weight excluding hydrogens is 306 g/mol. The molecule has 1 aromatic carbocycles. The number of amides is 1. The van der Waals surface area contributed by atoms with Crippen molar-refractivity contribution in [3.05, 3.63) is 59.9 Å². The summed E-state index contributed by atoms with van der Waals surface area (Å²) in [6.07, 6.45) is 6.72. The summed E-state index contributed by atoms with van der Waals surface area (Å²) in [4.78, 5) is 18.2. The quantitative estimate of drug-likeness (QED) is 0.855. The number of rotatable bonds is 6. The fraction of sp³-hybridized carbons (Fsp3) is 0.333. The number of nitrogens with zero attached hydrogens (tertiary/aromatic N) is 3. The van der Waals surface area contributed by atoms with Crippen LogP contribution in [0.5, 0.6) is 5.75 Å². The Hall–Kier alpha value is -2.76. The van der Waals surface area contributed by atoms with Crippen LogP contribution in [-0.2, 0) is 11.3 Å². The van der Waals surface area contributed by atoms with Crippen molar-refractivity contribution >= 4 is 5.91 Å². The second-order valence-corrected chi connectivity index (χ2v) is 5.87. The first-order valence-electron chi connectivity index (χ1n) is 8.09. The minimum absolute atomic E-state index is 0.141. The Labute approximate surface area is 140 Å². The minimum Gasteiger partial charge on any atom is -0.508 e. The van der Waals surface area contributed by atoms with E-state index in [1.807, 2.05) is 17.7 Å². The molecule has 3 rings (SSSR count). The van der Waals surface area contributed by atoms with E-state index in [9.17, 15) is 15.0 Å². The van der Waals surface area contributed by atoms with Gasteiger partial charge in [-0.2, -0.15) is 0 Å². The van der Waals surface area contributed by atoms with Crippen LogP contribution in [0, 0.1) is 0 Å². The first-order chi connectivity index (χ1) is 11.6. The number of aliphatic hydroxyl groups is 1. The summed E-state index contributed by atoms with van der Waals surface area (Å²) in [7, 11) is 0. The van der Waals surface area contributed by atoms with Gasteiger partial charge < -0.3 is 19.7 Å². The van der Waals surface area contributed by atoms with Crippen LogP contribution in [0.1, 0.15) is 31.4 Å². The number of hydrogen-bond acceptors (Lipinski definition) is 4. The third-order valence-corrected chi connectivity index (χ3v) is 4.37. The third-order valence-electron chi connectivity index (χ3n) is 4.37. The van der Waals surface area contributed by atoms with Gasteiger partial charge in [-0.3, -0.25) is 4.79 Å². The summed E-state index contributed by atoms with van der Waals surface area (Å²) in [5.41, 5.74) is 1.62. The number of aliphatic hydroxyl groups excluding tert-OH is 1. The number of aryl methyl sites for hydroxylation is 1. The number of aromatic nitrogens is 2. The fourth-order valence-corrected chi connectivity index (χ4v) is 3.18. The molecule has 24 heavy (non-hydrogen) atoms. The summed E-state index contributed by atoms with van der Waals surface area (Å²) in [5, 5.41) is 19.7. The normalized spacial score (nSPS) is 17.8. The summed E-state index contributed by atoms with van der Waals surface area (Å²) < 4.78 is 1.96. The monoisotopic (exact) mass is 327 g/mol. The molecule has 1 aliphatic heterocycles. The number of carbonyl (C=O) groups is 1. The van der Waals surface area contributed by atoms with E-state index in [-0.39, 0.29) is 23.5 Å². The van der Waals surface area contributed by atoms with Gasteiger partial charge in [-0.15, -0.1) is 0 Å². The molecule has 1 atom stereocenters. The zero-order valence-corrected chi connectivity index (χ0v) is 13.6. The van der Waals surface area contributed by atoms with Crippen molar-refractivity contribution in [3.8, 4) is 5.75 Å². The SMILES string of the molecule is CCC1=C(O)C(=O)N(CCCn2ccnc2)C1c1ccc(O)cc1. The van der Waals surface area contributed by atoms with Crippen molar-refractivity contribution < 1.29 is 15.0 Å². The van der Waals surface area contributed by atoms with Gasteiger partial charge in [0.25, 0.3) is 5.91 Å². The molecule has 0 saturated heterocycles. The third kappa shape index (κ3) is 2.99. The summed E-state index contributed by atoms with van der Waals surface area (Å²) in [5.74, 6) is -0.283. The molecule has 2 heterocycles. The van der Waals surface area contributed by atoms with Crippen LogP contribution >= 0.6 is 0 Å². The number of imidazole rings is 1. The highest BCUT2D eigenvalue weighted by Gasteiger charge is 2.38. The topological polar surface area (TPSA) is 78.6 Å². The summed E-state index contributed by atoms with van der Waals surface area (Å²) in [6, 6.07) is 6.53. The molecule has 126 valence electrons. The van der Waals surface area contributed by atoms with Crippen LogP contribution in [0.4, 0.5) is 0 Å². The first kappa shape index (κ1) is 16.1. The van der Waals surface area contributed by atoms with Crippen LogP contribution in [-0.4, -0.2) is 37.1 Å². The average Bonchev–Trinajstić information content (AvgIpc) is 3.17. The highest BCUT2D eigenvalue weighted by Crippen LogP contribution is 2.39. The highest BCUT2D eigenvalue weighted by atomic mass is 16.3. The van der Waals surface area contributed by atoms with Crippen molar-refractivity contribution in [2.24, 2.45) is 0 Å². The Morgan fingerprint density at radius 1 is 1.17 bits per heavy atom. The van der Waals surface area contributed by atoms with Crippen molar-refractivity contribution in [1.82, 2.24) is 14.5 Å². The molecule has 0 radical (unpaired) electrons. The second kappa shape index (κ2) is 6.78. The standard InChI is InChI=1S/C18H21N3O3/c1-2-15-16(13-4-6-14(22)7-5-13)21(18(24)17(15)23)10-3-9-20-11-8-19-12-20/h4-8,11-12,16,22-23H,2-3,9-10H2,1H3. The molecule has 2 aromatic rings. The van der Waals surface area contributed by atoms with E-state index in [4.69, 9.17) is 0 Å². The lowest BCUT2D eigenvalue weighted by Gasteiger charge is -2.27. The van der Waals surface area contributed by atoms with Crippen LogP contribution in [0.15, 0.2) is 54.3 Å². The maximum atomic E-state index is 12.5. The summed E-state index contributed by atoms with van der Waals surface area (Å²) >= 11 is 0. The Balaban J connectivity index is 1.80. The molecular formula is C18H21N3O3. The molecule has 1 unspecified atom stereocenters. The van der Waals surface area contributed by atoms with E-state index in [2.05, 4.69) is 4.98 Å². The number of phenols is 1. The van der Waals surface area contributed by atoms with Crippen molar-refractivity contribution in [1.29, 1.82) is 0 Å². The largest absolute Gasteiger partial charge is 0.508 e. The van der Waals surface area contributed by atoms with Crippen molar-refractivity contribution in [2.45, 2.75) is 32.4 Å². The van der Waals surface area contributed by atoms with Crippen molar-refractivity contribution in [3.63, 3.8) is 0 Å². The molecule has 0 fully saturated rings. The van der Waals surface area contributed by atoms with Gasteiger partial charge in [-0.05, 0) is 30.5 Å².